The van der Waals surface area contributed by atoms with E-state index in [1.807, 2.05) is 35.2 Å². The first-order valence-corrected chi connectivity index (χ1v) is 15.8. The van der Waals surface area contributed by atoms with Gasteiger partial charge in [-0.25, -0.2) is 4.79 Å². The Hall–Kier alpha value is -4.07. The molecule has 226 valence electrons. The van der Waals surface area contributed by atoms with Gasteiger partial charge in [-0.3, -0.25) is 10.1 Å². The molecule has 1 saturated heterocycles. The summed E-state index contributed by atoms with van der Waals surface area (Å²) >= 11 is 0. The molecule has 8 heteroatoms. The zero-order valence-electron chi connectivity index (χ0n) is 24.9. The van der Waals surface area contributed by atoms with E-state index in [2.05, 4.69) is 24.4 Å². The van der Waals surface area contributed by atoms with E-state index in [-0.39, 0.29) is 34.8 Å². The lowest BCUT2D eigenvalue weighted by Crippen LogP contribution is -2.54. The quantitative estimate of drug-likeness (QED) is 0.155. The normalized spacial score (nSPS) is 22.5. The molecule has 2 aliphatic carbocycles. The number of anilines is 2. The number of amides is 1. The number of likely N-dealkylation sites (tertiary alicyclic amines) is 1. The number of nitrogens with one attached hydrogen (secondary N) is 1. The van der Waals surface area contributed by atoms with Crippen molar-refractivity contribution in [3.8, 4) is 5.75 Å². The van der Waals surface area contributed by atoms with Crippen molar-refractivity contribution in [1.82, 2.24) is 4.90 Å². The van der Waals surface area contributed by atoms with Crippen molar-refractivity contribution in [3.63, 3.8) is 0 Å². The number of unbranched alkanes of at least 4 members (excludes halogenated alkanes) is 1. The van der Waals surface area contributed by atoms with Gasteiger partial charge in [-0.15, -0.1) is 0 Å². The fraction of sp³-hybridized carbons (Fsp3) is 0.457. The van der Waals surface area contributed by atoms with E-state index < -0.39 is 0 Å². The number of carbonyl (C=O) groups excluding carboxylic acids is 1. The second-order valence-electron chi connectivity index (χ2n) is 12.2. The lowest BCUT2D eigenvalue weighted by atomic mass is 9.54. The van der Waals surface area contributed by atoms with E-state index in [1.165, 1.54) is 30.0 Å². The molecule has 8 nitrogen and oxygen atoms in total. The van der Waals surface area contributed by atoms with Crippen LogP contribution < -0.4 is 10.1 Å². The molecule has 1 saturated carbocycles. The molecule has 2 bridgehead atoms. The van der Waals surface area contributed by atoms with Gasteiger partial charge in [0.15, 0.2) is 0 Å². The highest BCUT2D eigenvalue weighted by Crippen LogP contribution is 2.56. The maximum absolute atomic E-state index is 13.6. The number of nitro groups is 1. The van der Waals surface area contributed by atoms with Crippen molar-refractivity contribution in [2.75, 3.05) is 18.5 Å². The van der Waals surface area contributed by atoms with Crippen LogP contribution in [0.1, 0.15) is 75.0 Å². The highest BCUT2D eigenvalue weighted by Gasteiger charge is 2.53. The van der Waals surface area contributed by atoms with Crippen molar-refractivity contribution < 1.29 is 19.2 Å². The Bertz CT molecular complexity index is 1460. The van der Waals surface area contributed by atoms with E-state index in [1.54, 1.807) is 18.2 Å². The number of fused-ring (bicyclic) bond motifs is 1. The van der Waals surface area contributed by atoms with Gasteiger partial charge >= 0.3 is 6.09 Å². The number of nitrogens with zero attached hydrogens (tertiary/aromatic N) is 2. The number of para-hydroxylation sites is 2. The number of hydrogen-bond acceptors (Lipinski definition) is 6. The van der Waals surface area contributed by atoms with E-state index in [9.17, 15) is 14.9 Å². The Morgan fingerprint density at radius 1 is 1.05 bits per heavy atom. The van der Waals surface area contributed by atoms with Gasteiger partial charge in [0.05, 0.1) is 17.2 Å². The van der Waals surface area contributed by atoms with Crippen molar-refractivity contribution in [2.24, 2.45) is 5.92 Å². The molecule has 0 aromatic heterocycles. The summed E-state index contributed by atoms with van der Waals surface area (Å²) in [5, 5.41) is 15.1. The first-order chi connectivity index (χ1) is 21.0. The molecular formula is C35H41N3O5. The second-order valence-corrected chi connectivity index (χ2v) is 12.2. The summed E-state index contributed by atoms with van der Waals surface area (Å²) in [7, 11) is 0. The van der Waals surface area contributed by atoms with Crippen LogP contribution in [-0.2, 0) is 23.2 Å². The fourth-order valence-corrected chi connectivity index (χ4v) is 7.75. The number of ether oxygens (including phenoxy) is 2. The third kappa shape index (κ3) is 5.79. The van der Waals surface area contributed by atoms with Crippen LogP contribution >= 0.6 is 0 Å². The molecular weight excluding hydrogens is 542 g/mol. The SMILES string of the molecule is CCCCOc1cc2c(cc1Nc1ccccc1[N+](=O)[O-])C[C@H]1C3CCCC[C@@]23CCCN1C(=O)OCc1ccccc1. The Balaban J connectivity index is 1.37. The lowest BCUT2D eigenvalue weighted by molar-refractivity contribution is -0.383. The molecule has 3 aromatic rings. The molecule has 1 aliphatic heterocycles. The minimum Gasteiger partial charge on any atom is -0.491 e. The van der Waals surface area contributed by atoms with Crippen LogP contribution in [0.15, 0.2) is 66.7 Å². The predicted octanol–water partition coefficient (Wildman–Crippen LogP) is 8.30. The van der Waals surface area contributed by atoms with Crippen molar-refractivity contribution in [3.05, 3.63) is 93.5 Å². The summed E-state index contributed by atoms with van der Waals surface area (Å²) in [6, 6.07) is 20.9. The molecule has 2 fully saturated rings. The molecule has 6 rings (SSSR count). The number of rotatable bonds is 9. The number of carbonyl (C=O) groups is 1. The zero-order chi connectivity index (χ0) is 29.8. The van der Waals surface area contributed by atoms with Crippen molar-refractivity contribution >= 4 is 23.2 Å². The largest absolute Gasteiger partial charge is 0.491 e. The smallest absolute Gasteiger partial charge is 0.410 e. The molecule has 3 atom stereocenters. The maximum atomic E-state index is 13.6. The van der Waals surface area contributed by atoms with E-state index in [0.717, 1.165) is 61.9 Å². The standard InChI is InChI=1S/C35H41N3O5/c1-2-3-20-42-33-23-28-26(21-30(33)36-29-15-7-8-16-31(29)38(40)41)22-32-27-14-9-10-17-35(27,28)18-11-19-37(32)34(39)43-24-25-12-5-4-6-13-25/h4-8,12-13,15-16,21,23,27,32,36H,2-3,9-11,14,17-20,22,24H2,1H3/t27?,32-,35-/m0/s1. The lowest BCUT2D eigenvalue weighted by Gasteiger charge is -2.52. The Morgan fingerprint density at radius 2 is 1.84 bits per heavy atom. The predicted molar refractivity (Wildman–Crippen MR) is 167 cm³/mol. The van der Waals surface area contributed by atoms with Gasteiger partial charge in [0, 0.05) is 24.1 Å². The molecule has 1 unspecified atom stereocenters. The second kappa shape index (κ2) is 12.7. The van der Waals surface area contributed by atoms with Crippen LogP contribution in [0.2, 0.25) is 0 Å². The van der Waals surface area contributed by atoms with Crippen LogP contribution in [0.25, 0.3) is 0 Å². The van der Waals surface area contributed by atoms with E-state index >= 15 is 0 Å². The van der Waals surface area contributed by atoms with Gasteiger partial charge in [-0.1, -0.05) is 68.7 Å². The summed E-state index contributed by atoms with van der Waals surface area (Å²) in [5.74, 6) is 1.10. The van der Waals surface area contributed by atoms with Gasteiger partial charge in [-0.2, -0.15) is 0 Å². The van der Waals surface area contributed by atoms with E-state index in [4.69, 9.17) is 9.47 Å². The van der Waals surface area contributed by atoms with Crippen molar-refractivity contribution in [2.45, 2.75) is 82.8 Å². The fourth-order valence-electron chi connectivity index (χ4n) is 7.75. The molecule has 1 heterocycles. The van der Waals surface area contributed by atoms with Gasteiger partial charge in [0.25, 0.3) is 5.69 Å². The zero-order valence-corrected chi connectivity index (χ0v) is 24.9. The summed E-state index contributed by atoms with van der Waals surface area (Å²) in [4.78, 5) is 27.1. The Labute approximate surface area is 253 Å². The first kappa shape index (κ1) is 29.0. The molecule has 0 radical (unpaired) electrons. The van der Waals surface area contributed by atoms with Gasteiger partial charge in [-0.05, 0) is 79.3 Å². The van der Waals surface area contributed by atoms with Crippen LogP contribution in [0, 0.1) is 16.0 Å². The highest BCUT2D eigenvalue weighted by atomic mass is 16.6. The summed E-state index contributed by atoms with van der Waals surface area (Å²) in [6.07, 6.45) is 8.91. The van der Waals surface area contributed by atoms with Crippen molar-refractivity contribution in [1.29, 1.82) is 0 Å². The number of benzene rings is 3. The van der Waals surface area contributed by atoms with Crippen LogP contribution in [0.4, 0.5) is 21.9 Å². The summed E-state index contributed by atoms with van der Waals surface area (Å²) in [6.45, 7) is 3.67. The third-order valence-electron chi connectivity index (χ3n) is 9.72. The number of nitro benzene ring substituents is 1. The maximum Gasteiger partial charge on any atom is 0.410 e. The molecule has 3 aromatic carbocycles. The Kier molecular flexibility index (Phi) is 8.54. The minimum atomic E-state index is -0.364. The number of hydrogen-bond donors (Lipinski definition) is 1. The highest BCUT2D eigenvalue weighted by molar-refractivity contribution is 5.75. The van der Waals surface area contributed by atoms with Crippen LogP contribution in [-0.4, -0.2) is 35.1 Å². The minimum absolute atomic E-state index is 0.0201. The third-order valence-corrected chi connectivity index (χ3v) is 9.72. The van der Waals surface area contributed by atoms with Gasteiger partial charge in [0.1, 0.15) is 18.0 Å². The molecule has 43 heavy (non-hydrogen) atoms. The first-order valence-electron chi connectivity index (χ1n) is 15.8. The average Bonchev–Trinajstić information content (AvgIpc) is 3.15. The molecule has 3 aliphatic rings. The molecule has 1 amide bonds. The monoisotopic (exact) mass is 583 g/mol. The van der Waals surface area contributed by atoms with Gasteiger partial charge in [0.2, 0.25) is 0 Å². The summed E-state index contributed by atoms with van der Waals surface area (Å²) in [5.41, 5.74) is 4.66. The van der Waals surface area contributed by atoms with Crippen LogP contribution in [0.3, 0.4) is 0 Å². The van der Waals surface area contributed by atoms with E-state index in [0.29, 0.717) is 24.8 Å². The molecule has 1 N–H and O–H groups in total. The molecule has 0 spiro atoms. The van der Waals surface area contributed by atoms with Crippen LogP contribution in [0.5, 0.6) is 5.75 Å². The average molecular weight is 584 g/mol. The Morgan fingerprint density at radius 3 is 2.65 bits per heavy atom. The topological polar surface area (TPSA) is 93.9 Å². The summed E-state index contributed by atoms with van der Waals surface area (Å²) < 4.78 is 12.3. The van der Waals surface area contributed by atoms with Gasteiger partial charge < -0.3 is 19.7 Å².